The van der Waals surface area contributed by atoms with Gasteiger partial charge in [0.05, 0.1) is 19.1 Å². The number of amides is 1. The highest BCUT2D eigenvalue weighted by atomic mass is 16.5. The largest absolute Gasteiger partial charge is 0.496 e. The number of pyridine rings is 1. The van der Waals surface area contributed by atoms with E-state index in [1.165, 1.54) is 0 Å². The van der Waals surface area contributed by atoms with Crippen LogP contribution in [-0.4, -0.2) is 46.8 Å². The van der Waals surface area contributed by atoms with Crippen LogP contribution < -0.4 is 15.6 Å². The van der Waals surface area contributed by atoms with Crippen LogP contribution in [0.25, 0.3) is 6.08 Å². The Morgan fingerprint density at radius 2 is 2.03 bits per heavy atom. The van der Waals surface area contributed by atoms with Crippen molar-refractivity contribution in [3.05, 3.63) is 69.6 Å². The lowest BCUT2D eigenvalue weighted by Crippen LogP contribution is -2.46. The maximum atomic E-state index is 13.5. The highest BCUT2D eigenvalue weighted by molar-refractivity contribution is 5.80. The number of ether oxygens (including phenoxy) is 1. The normalized spacial score (nSPS) is 26.0. The summed E-state index contributed by atoms with van der Waals surface area (Å²) in [5, 5.41) is 13.6. The van der Waals surface area contributed by atoms with Gasteiger partial charge in [-0.2, -0.15) is 0 Å². The molecular weight excluding hydrogens is 430 g/mol. The average Bonchev–Trinajstić information content (AvgIpc) is 3.65. The minimum Gasteiger partial charge on any atom is -0.496 e. The number of methoxy groups -OCH3 is 1. The molecule has 4 atom stereocenters. The monoisotopic (exact) mass is 463 g/mol. The molecule has 0 unspecified atom stereocenters. The van der Waals surface area contributed by atoms with Gasteiger partial charge in [0.2, 0.25) is 5.91 Å². The first-order chi connectivity index (χ1) is 16.6. The minimum atomic E-state index is -0.427. The number of aliphatic hydroxyl groups is 1. The summed E-state index contributed by atoms with van der Waals surface area (Å²) in [4.78, 5) is 29.1. The molecule has 1 saturated carbocycles. The van der Waals surface area contributed by atoms with E-state index >= 15 is 0 Å². The lowest BCUT2D eigenvalue weighted by Gasteiger charge is -2.38. The molecule has 2 fully saturated rings. The van der Waals surface area contributed by atoms with Crippen LogP contribution in [-0.2, 0) is 17.9 Å². The number of hydrogen-bond acceptors (Lipinski definition) is 5. The number of aromatic nitrogens is 1. The van der Waals surface area contributed by atoms with E-state index in [-0.39, 0.29) is 36.1 Å². The first-order valence-corrected chi connectivity index (χ1v) is 12.2. The molecule has 1 saturated heterocycles. The molecule has 1 aliphatic carbocycles. The highest BCUT2D eigenvalue weighted by Gasteiger charge is 2.55. The molecule has 2 aliphatic heterocycles. The van der Waals surface area contributed by atoms with E-state index in [1.54, 1.807) is 7.11 Å². The predicted octanol–water partition coefficient (Wildman–Crippen LogP) is 2.58. The Hall–Kier alpha value is -2.90. The maximum Gasteiger partial charge on any atom is 0.258 e. The molecular formula is C27H33N3O4. The third-order valence-corrected chi connectivity index (χ3v) is 7.66. The summed E-state index contributed by atoms with van der Waals surface area (Å²) in [5.74, 6) is 0.651. The smallest absolute Gasteiger partial charge is 0.258 e. The number of aliphatic hydroxyl groups excluding tert-OH is 1. The van der Waals surface area contributed by atoms with Gasteiger partial charge in [0.15, 0.2) is 0 Å². The molecule has 2 aromatic rings. The van der Waals surface area contributed by atoms with Gasteiger partial charge in [0.25, 0.3) is 5.56 Å². The third-order valence-electron chi connectivity index (χ3n) is 7.66. The van der Waals surface area contributed by atoms with E-state index in [2.05, 4.69) is 10.2 Å². The zero-order valence-electron chi connectivity index (χ0n) is 19.8. The fourth-order valence-electron chi connectivity index (χ4n) is 5.78. The fourth-order valence-corrected chi connectivity index (χ4v) is 5.78. The topological polar surface area (TPSA) is 83.8 Å². The van der Waals surface area contributed by atoms with Gasteiger partial charge in [-0.1, -0.05) is 30.4 Å². The number of allylic oxidation sites excluding steroid dienone is 1. The van der Waals surface area contributed by atoms with Crippen molar-refractivity contribution in [3.63, 3.8) is 0 Å². The van der Waals surface area contributed by atoms with Crippen molar-refractivity contribution < 1.29 is 14.6 Å². The number of hydrogen-bond donors (Lipinski definition) is 2. The van der Waals surface area contributed by atoms with E-state index in [0.29, 0.717) is 31.1 Å². The fraction of sp³-hybridized carbons (Fsp3) is 0.481. The quantitative estimate of drug-likeness (QED) is 0.629. The van der Waals surface area contributed by atoms with E-state index < -0.39 is 5.92 Å². The zero-order chi connectivity index (χ0) is 23.8. The molecule has 2 N–H and O–H groups in total. The van der Waals surface area contributed by atoms with E-state index in [4.69, 9.17) is 4.74 Å². The van der Waals surface area contributed by atoms with E-state index in [0.717, 1.165) is 29.8 Å². The van der Waals surface area contributed by atoms with Crippen LogP contribution in [0.2, 0.25) is 0 Å². The van der Waals surface area contributed by atoms with E-state index in [9.17, 15) is 14.7 Å². The molecule has 34 heavy (non-hydrogen) atoms. The highest BCUT2D eigenvalue weighted by Crippen LogP contribution is 2.49. The van der Waals surface area contributed by atoms with Gasteiger partial charge in [-0.15, -0.1) is 0 Å². The molecule has 180 valence electrons. The summed E-state index contributed by atoms with van der Waals surface area (Å²) in [6.07, 6.45) is 6.00. The summed E-state index contributed by atoms with van der Waals surface area (Å²) in [5.41, 5.74) is 2.46. The number of carbonyl (C=O) groups excluding carboxylic acids is 1. The second-order valence-corrected chi connectivity index (χ2v) is 9.69. The van der Waals surface area contributed by atoms with Gasteiger partial charge in [0.1, 0.15) is 5.75 Å². The molecule has 1 aromatic heterocycles. The first-order valence-electron chi connectivity index (χ1n) is 12.2. The molecule has 7 heteroatoms. The van der Waals surface area contributed by atoms with Crippen molar-refractivity contribution in [2.24, 2.45) is 17.8 Å². The molecule has 1 amide bonds. The van der Waals surface area contributed by atoms with Crippen molar-refractivity contribution in [1.82, 2.24) is 14.8 Å². The molecule has 0 spiro atoms. The lowest BCUT2D eigenvalue weighted by atomic mass is 9.86. The number of fused-ring (bicyclic) bond motifs is 4. The minimum absolute atomic E-state index is 0.0260. The van der Waals surface area contributed by atoms with Crippen molar-refractivity contribution in [2.45, 2.75) is 44.9 Å². The molecule has 7 nitrogen and oxygen atoms in total. The van der Waals surface area contributed by atoms with Crippen LogP contribution in [0.3, 0.4) is 0 Å². The number of para-hydroxylation sites is 1. The van der Waals surface area contributed by atoms with Crippen LogP contribution in [0.5, 0.6) is 5.75 Å². The van der Waals surface area contributed by atoms with Crippen LogP contribution in [0.15, 0.2) is 47.3 Å². The van der Waals surface area contributed by atoms with Gasteiger partial charge in [0, 0.05) is 55.0 Å². The standard InChI is InChI=1S/C27H33N3O4/c1-3-6-18-11-12-21-25-24(26(32)28-13-17-9-10-17)20(16-31)22(15-30(21)27(18)33)29(25)14-19-7-4-5-8-23(19)34-2/h3-8,11-12,17,20,22,24-25,31H,9-10,13-16H2,1-2H3,(H,28,32)/t20-,22-,24+,25+/m0/s1. The molecule has 3 aliphatic rings. The average molecular weight is 464 g/mol. The molecule has 1 aromatic carbocycles. The van der Waals surface area contributed by atoms with Crippen molar-refractivity contribution in [2.75, 3.05) is 20.3 Å². The Bertz CT molecular complexity index is 1150. The summed E-state index contributed by atoms with van der Waals surface area (Å²) in [6.45, 7) is 3.50. The lowest BCUT2D eigenvalue weighted by molar-refractivity contribution is -0.127. The van der Waals surface area contributed by atoms with Crippen LogP contribution >= 0.6 is 0 Å². The SMILES string of the molecule is CC=Cc1ccc2n(c1=O)C[C@H]1[C@H](CO)[C@@H](C(=O)NCC3CC3)[C@@H]2N1Cc1ccccc1OC. The van der Waals surface area contributed by atoms with Crippen molar-refractivity contribution in [1.29, 1.82) is 0 Å². The summed E-state index contributed by atoms with van der Waals surface area (Å²) in [7, 11) is 1.66. The molecule has 3 heterocycles. The van der Waals surface area contributed by atoms with E-state index in [1.807, 2.05) is 60.0 Å². The van der Waals surface area contributed by atoms with Gasteiger partial charge in [-0.05, 0) is 43.9 Å². The summed E-state index contributed by atoms with van der Waals surface area (Å²) >= 11 is 0. The number of carbonyl (C=O) groups is 1. The Morgan fingerprint density at radius 1 is 1.24 bits per heavy atom. The Labute approximate surface area is 200 Å². The summed E-state index contributed by atoms with van der Waals surface area (Å²) in [6, 6.07) is 11.3. The zero-order valence-corrected chi connectivity index (χ0v) is 19.8. The van der Waals surface area contributed by atoms with Gasteiger partial charge in [-0.25, -0.2) is 0 Å². The van der Waals surface area contributed by atoms with Crippen molar-refractivity contribution in [3.8, 4) is 5.75 Å². The summed E-state index contributed by atoms with van der Waals surface area (Å²) < 4.78 is 7.41. The van der Waals surface area contributed by atoms with Gasteiger partial charge >= 0.3 is 0 Å². The van der Waals surface area contributed by atoms with Crippen LogP contribution in [0.4, 0.5) is 0 Å². The predicted molar refractivity (Wildman–Crippen MR) is 130 cm³/mol. The van der Waals surface area contributed by atoms with Crippen LogP contribution in [0.1, 0.15) is 42.6 Å². The number of nitrogens with one attached hydrogen (secondary N) is 1. The molecule has 2 bridgehead atoms. The Balaban J connectivity index is 1.57. The Kier molecular flexibility index (Phi) is 6.32. The first kappa shape index (κ1) is 22.9. The van der Waals surface area contributed by atoms with Gasteiger partial charge < -0.3 is 19.7 Å². The Morgan fingerprint density at radius 3 is 2.74 bits per heavy atom. The number of rotatable bonds is 8. The maximum absolute atomic E-state index is 13.5. The number of nitrogens with zero attached hydrogens (tertiary/aromatic N) is 2. The molecule has 0 radical (unpaired) electrons. The number of benzene rings is 1. The van der Waals surface area contributed by atoms with Crippen LogP contribution in [0, 0.1) is 17.8 Å². The van der Waals surface area contributed by atoms with Crippen molar-refractivity contribution >= 4 is 12.0 Å². The second kappa shape index (κ2) is 9.39. The third kappa shape index (κ3) is 3.97. The molecule has 5 rings (SSSR count). The second-order valence-electron chi connectivity index (χ2n) is 9.69. The van der Waals surface area contributed by atoms with Gasteiger partial charge in [-0.3, -0.25) is 14.5 Å².